The van der Waals surface area contributed by atoms with Gasteiger partial charge < -0.3 is 5.32 Å². The van der Waals surface area contributed by atoms with E-state index in [1.165, 1.54) is 25.3 Å². The Balaban J connectivity index is 1.99. The van der Waals surface area contributed by atoms with Gasteiger partial charge in [-0.1, -0.05) is 19.3 Å². The Morgan fingerprint density at radius 2 is 1.95 bits per heavy atom. The van der Waals surface area contributed by atoms with Crippen molar-refractivity contribution < 1.29 is 13.2 Å². The van der Waals surface area contributed by atoms with Gasteiger partial charge in [-0.25, -0.2) is 13.6 Å². The summed E-state index contributed by atoms with van der Waals surface area (Å²) < 4.78 is 22.7. The molecule has 0 aromatic heterocycles. The Morgan fingerprint density at radius 1 is 1.29 bits per heavy atom. The zero-order chi connectivity index (χ0) is 15.5. The summed E-state index contributed by atoms with van der Waals surface area (Å²) in [5.74, 6) is 0.466. The molecule has 6 heteroatoms. The standard InChI is InChI=1S/C15H22N2O3S/c1-11-9-13(7-8-14(11)21(16,19)20)17-15(18)10-12-5-3-2-4-6-12/h7-9,12H,2-6,10H2,1H3,(H,17,18)(H2,16,19,20). The number of carbonyl (C=O) groups is 1. The summed E-state index contributed by atoms with van der Waals surface area (Å²) in [5, 5.41) is 7.95. The van der Waals surface area contributed by atoms with Crippen molar-refractivity contribution in [1.29, 1.82) is 0 Å². The quantitative estimate of drug-likeness (QED) is 0.895. The van der Waals surface area contributed by atoms with E-state index in [0.29, 0.717) is 23.6 Å². The molecule has 1 saturated carbocycles. The molecule has 116 valence electrons. The third-order valence-corrected chi connectivity index (χ3v) is 5.04. The number of hydrogen-bond acceptors (Lipinski definition) is 3. The topological polar surface area (TPSA) is 89.3 Å². The second kappa shape index (κ2) is 6.58. The van der Waals surface area contributed by atoms with Gasteiger partial charge in [0.05, 0.1) is 4.90 Å². The monoisotopic (exact) mass is 310 g/mol. The van der Waals surface area contributed by atoms with Crippen LogP contribution in [0.15, 0.2) is 23.1 Å². The van der Waals surface area contributed by atoms with Crippen LogP contribution in [0.1, 0.15) is 44.1 Å². The van der Waals surface area contributed by atoms with Crippen molar-refractivity contribution in [1.82, 2.24) is 0 Å². The lowest BCUT2D eigenvalue weighted by atomic mass is 9.87. The third-order valence-electron chi connectivity index (χ3n) is 3.96. The summed E-state index contributed by atoms with van der Waals surface area (Å²) in [7, 11) is -3.71. The zero-order valence-electron chi connectivity index (χ0n) is 12.3. The van der Waals surface area contributed by atoms with Crippen molar-refractivity contribution in [2.75, 3.05) is 5.32 Å². The van der Waals surface area contributed by atoms with Crippen LogP contribution < -0.4 is 10.5 Å². The average Bonchev–Trinajstić information content (AvgIpc) is 2.38. The molecule has 1 aliphatic rings. The lowest BCUT2D eigenvalue weighted by Gasteiger charge is -2.20. The van der Waals surface area contributed by atoms with Crippen LogP contribution >= 0.6 is 0 Å². The van der Waals surface area contributed by atoms with E-state index in [1.807, 2.05) is 0 Å². The molecule has 0 radical (unpaired) electrons. The SMILES string of the molecule is Cc1cc(NC(=O)CC2CCCCC2)ccc1S(N)(=O)=O. The van der Waals surface area contributed by atoms with E-state index in [2.05, 4.69) is 5.32 Å². The van der Waals surface area contributed by atoms with Crippen molar-refractivity contribution in [2.45, 2.75) is 50.3 Å². The smallest absolute Gasteiger partial charge is 0.238 e. The van der Waals surface area contributed by atoms with Gasteiger partial charge in [0.15, 0.2) is 0 Å². The molecular weight excluding hydrogens is 288 g/mol. The minimum absolute atomic E-state index is 0.00958. The van der Waals surface area contributed by atoms with E-state index in [4.69, 9.17) is 5.14 Å². The fourth-order valence-electron chi connectivity index (χ4n) is 2.91. The summed E-state index contributed by atoms with van der Waals surface area (Å²) in [6, 6.07) is 4.64. The molecule has 0 unspecified atom stereocenters. The molecule has 1 aliphatic carbocycles. The number of sulfonamides is 1. The molecule has 2 rings (SSSR count). The fourth-order valence-corrected chi connectivity index (χ4v) is 3.68. The van der Waals surface area contributed by atoms with Crippen LogP contribution in [0.5, 0.6) is 0 Å². The number of nitrogens with one attached hydrogen (secondary N) is 1. The van der Waals surface area contributed by atoms with Crippen molar-refractivity contribution in [3.8, 4) is 0 Å². The van der Waals surface area contributed by atoms with Crippen LogP contribution in [0.25, 0.3) is 0 Å². The second-order valence-corrected chi connectivity index (χ2v) is 7.31. The average molecular weight is 310 g/mol. The molecule has 0 bridgehead atoms. The molecular formula is C15H22N2O3S. The zero-order valence-corrected chi connectivity index (χ0v) is 13.1. The number of rotatable bonds is 4. The maximum Gasteiger partial charge on any atom is 0.238 e. The fraction of sp³-hybridized carbons (Fsp3) is 0.533. The summed E-state index contributed by atoms with van der Waals surface area (Å²) in [6.07, 6.45) is 6.47. The lowest BCUT2D eigenvalue weighted by molar-refractivity contribution is -0.117. The highest BCUT2D eigenvalue weighted by molar-refractivity contribution is 7.89. The normalized spacial score (nSPS) is 16.7. The Morgan fingerprint density at radius 3 is 2.52 bits per heavy atom. The first-order valence-electron chi connectivity index (χ1n) is 7.29. The molecule has 1 aromatic carbocycles. The highest BCUT2D eigenvalue weighted by Crippen LogP contribution is 2.27. The summed E-state index contributed by atoms with van der Waals surface area (Å²) in [5.41, 5.74) is 1.15. The minimum Gasteiger partial charge on any atom is -0.326 e. The van der Waals surface area contributed by atoms with Gasteiger partial charge in [-0.15, -0.1) is 0 Å². The highest BCUT2D eigenvalue weighted by atomic mass is 32.2. The molecule has 1 amide bonds. The van der Waals surface area contributed by atoms with Crippen molar-refractivity contribution in [2.24, 2.45) is 11.1 Å². The number of amides is 1. The van der Waals surface area contributed by atoms with E-state index in [-0.39, 0.29) is 10.8 Å². The van der Waals surface area contributed by atoms with Gasteiger partial charge in [-0.05, 0) is 49.4 Å². The van der Waals surface area contributed by atoms with Gasteiger partial charge >= 0.3 is 0 Å². The highest BCUT2D eigenvalue weighted by Gasteiger charge is 2.17. The number of carbonyl (C=O) groups excluding carboxylic acids is 1. The molecule has 3 N–H and O–H groups in total. The number of hydrogen-bond donors (Lipinski definition) is 2. The van der Waals surface area contributed by atoms with Crippen molar-refractivity contribution >= 4 is 21.6 Å². The third kappa shape index (κ3) is 4.54. The molecule has 0 atom stereocenters. The molecule has 0 aliphatic heterocycles. The summed E-state index contributed by atoms with van der Waals surface area (Å²) >= 11 is 0. The van der Waals surface area contributed by atoms with Gasteiger partial charge in [-0.3, -0.25) is 4.79 Å². The Labute approximate surface area is 126 Å². The largest absolute Gasteiger partial charge is 0.326 e. The van der Waals surface area contributed by atoms with Crippen molar-refractivity contribution in [3.63, 3.8) is 0 Å². The molecule has 1 aromatic rings. The number of anilines is 1. The maximum absolute atomic E-state index is 12.0. The summed E-state index contributed by atoms with van der Waals surface area (Å²) in [6.45, 7) is 1.66. The van der Waals surface area contributed by atoms with Crippen LogP contribution in [0.4, 0.5) is 5.69 Å². The van der Waals surface area contributed by atoms with Crippen LogP contribution in [-0.4, -0.2) is 14.3 Å². The second-order valence-electron chi connectivity index (χ2n) is 5.78. The predicted octanol–water partition coefficient (Wildman–Crippen LogP) is 2.55. The molecule has 0 saturated heterocycles. The minimum atomic E-state index is -3.71. The maximum atomic E-state index is 12.0. The first-order chi connectivity index (χ1) is 9.86. The molecule has 5 nitrogen and oxygen atoms in total. The number of nitrogens with two attached hydrogens (primary N) is 1. The number of aryl methyl sites for hydroxylation is 1. The Kier molecular flexibility index (Phi) is 5.00. The lowest BCUT2D eigenvalue weighted by Crippen LogP contribution is -2.19. The van der Waals surface area contributed by atoms with Crippen LogP contribution in [0.3, 0.4) is 0 Å². The van der Waals surface area contributed by atoms with E-state index >= 15 is 0 Å². The van der Waals surface area contributed by atoms with E-state index in [9.17, 15) is 13.2 Å². The summed E-state index contributed by atoms with van der Waals surface area (Å²) in [4.78, 5) is 12.1. The van der Waals surface area contributed by atoms with Gasteiger partial charge in [-0.2, -0.15) is 0 Å². The Bertz CT molecular complexity index is 620. The van der Waals surface area contributed by atoms with Gasteiger partial charge in [0.25, 0.3) is 0 Å². The first-order valence-corrected chi connectivity index (χ1v) is 8.84. The first kappa shape index (κ1) is 16.0. The van der Waals surface area contributed by atoms with Gasteiger partial charge in [0, 0.05) is 12.1 Å². The van der Waals surface area contributed by atoms with E-state index in [1.54, 1.807) is 19.1 Å². The van der Waals surface area contributed by atoms with Gasteiger partial charge in [0.2, 0.25) is 15.9 Å². The molecule has 21 heavy (non-hydrogen) atoms. The molecule has 0 heterocycles. The molecule has 0 spiro atoms. The number of benzene rings is 1. The van der Waals surface area contributed by atoms with Crippen LogP contribution in [0.2, 0.25) is 0 Å². The van der Waals surface area contributed by atoms with Gasteiger partial charge in [0.1, 0.15) is 0 Å². The van der Waals surface area contributed by atoms with E-state index in [0.717, 1.165) is 12.8 Å². The van der Waals surface area contributed by atoms with E-state index < -0.39 is 10.0 Å². The Hall–Kier alpha value is -1.40. The van der Waals surface area contributed by atoms with Crippen LogP contribution in [0, 0.1) is 12.8 Å². The van der Waals surface area contributed by atoms with Crippen molar-refractivity contribution in [3.05, 3.63) is 23.8 Å². The predicted molar refractivity (Wildman–Crippen MR) is 82.4 cm³/mol. The number of primary sulfonamides is 1. The van der Waals surface area contributed by atoms with Crippen LogP contribution in [-0.2, 0) is 14.8 Å². The molecule has 1 fully saturated rings.